The summed E-state index contributed by atoms with van der Waals surface area (Å²) in [4.78, 5) is 82.6. The predicted octanol–water partition coefficient (Wildman–Crippen LogP) is 5.96. The van der Waals surface area contributed by atoms with Crippen molar-refractivity contribution in [3.05, 3.63) is 153 Å². The second kappa shape index (κ2) is 19.7. The number of nitrogens with zero attached hydrogens (tertiary/aromatic N) is 4. The Morgan fingerprint density at radius 1 is 0.968 bits per heavy atom. The summed E-state index contributed by atoms with van der Waals surface area (Å²) in [5, 5.41) is 8.42. The van der Waals surface area contributed by atoms with E-state index in [4.69, 9.17) is 20.0 Å². The van der Waals surface area contributed by atoms with Crippen molar-refractivity contribution in [3.8, 4) is 0 Å². The molecule has 3 amide bonds. The van der Waals surface area contributed by atoms with Gasteiger partial charge < -0.3 is 30.3 Å². The van der Waals surface area contributed by atoms with Gasteiger partial charge in [0, 0.05) is 47.0 Å². The number of esters is 2. The standard InChI is InChI=1S/C47H48N6O8S2/c1-5-15-31(44(57)59-25-29(2)3)26-60-45(58)39-32(24-30-22-23-52(4)41(30)55)27-62-43-38(42(56)53(39)43)50-40(54)37(36-28-63-46(48)49-36)51-61-47(33-16-9-6-10-17-33,34-18-11-7-12-19-34)35-20-13-8-14-21-35/h6-21,24,28-29,38,43H,5,22-23,25-27H2,1-4H3,(H2,48,49)(H,50,54). The third-order valence-electron chi connectivity index (χ3n) is 10.6. The minimum Gasteiger partial charge on any atom is -0.462 e. The van der Waals surface area contributed by atoms with Crippen LogP contribution < -0.4 is 11.1 Å². The van der Waals surface area contributed by atoms with Crippen molar-refractivity contribution >= 4 is 63.6 Å². The first-order chi connectivity index (χ1) is 30.4. The molecule has 0 aliphatic carbocycles. The van der Waals surface area contributed by atoms with E-state index in [2.05, 4.69) is 15.5 Å². The average molecular weight is 889 g/mol. The average Bonchev–Trinajstić information content (AvgIpc) is 3.87. The smallest absolute Gasteiger partial charge is 0.355 e. The molecule has 16 heteroatoms. The number of oxime groups is 1. The minimum atomic E-state index is -1.34. The van der Waals surface area contributed by atoms with Crippen molar-refractivity contribution in [1.82, 2.24) is 20.1 Å². The highest BCUT2D eigenvalue weighted by molar-refractivity contribution is 8.00. The SMILES string of the molecule is CCC=C(COC(=O)C1=C(C=C2CCN(C)C2=O)CSC2C(NC(=O)C(=NOC(c3ccccc3)(c3ccccc3)c3ccccc3)c3csc(N)n3)C(=O)N12)C(=O)OCC(C)C. The van der Waals surface area contributed by atoms with Crippen LogP contribution in [0.25, 0.3) is 0 Å². The number of nitrogen functional groups attached to an aromatic ring is 1. The molecule has 0 saturated carbocycles. The monoisotopic (exact) mass is 888 g/mol. The van der Waals surface area contributed by atoms with Gasteiger partial charge in [-0.3, -0.25) is 19.3 Å². The first kappa shape index (κ1) is 44.5. The van der Waals surface area contributed by atoms with E-state index in [0.29, 0.717) is 30.5 Å². The highest BCUT2D eigenvalue weighted by Gasteiger charge is 2.55. The van der Waals surface area contributed by atoms with Crippen LogP contribution in [-0.4, -0.2) is 94.1 Å². The summed E-state index contributed by atoms with van der Waals surface area (Å²) in [5.74, 6) is -2.71. The molecule has 2 saturated heterocycles. The number of nitrogens with one attached hydrogen (secondary N) is 1. The second-order valence-electron chi connectivity index (χ2n) is 15.5. The van der Waals surface area contributed by atoms with Crippen molar-refractivity contribution in [2.75, 3.05) is 38.3 Å². The maximum atomic E-state index is 14.5. The molecular weight excluding hydrogens is 841 g/mol. The second-order valence-corrected chi connectivity index (χ2v) is 17.5. The minimum absolute atomic E-state index is 0.0710. The fourth-order valence-corrected chi connectivity index (χ4v) is 9.28. The molecule has 326 valence electrons. The number of benzene rings is 3. The maximum absolute atomic E-state index is 14.5. The Morgan fingerprint density at radius 2 is 1.59 bits per heavy atom. The van der Waals surface area contributed by atoms with Crippen LogP contribution >= 0.6 is 23.1 Å². The predicted molar refractivity (Wildman–Crippen MR) is 241 cm³/mol. The third-order valence-corrected chi connectivity index (χ3v) is 12.6. The Kier molecular flexibility index (Phi) is 13.9. The van der Waals surface area contributed by atoms with Crippen LogP contribution in [0.4, 0.5) is 5.13 Å². The molecule has 7 rings (SSSR count). The summed E-state index contributed by atoms with van der Waals surface area (Å²) in [6.07, 6.45) is 4.21. The molecular formula is C47H48N6O8S2. The molecule has 3 aromatic carbocycles. The summed E-state index contributed by atoms with van der Waals surface area (Å²) >= 11 is 2.42. The Bertz CT molecular complexity index is 2390. The van der Waals surface area contributed by atoms with Crippen LogP contribution in [0.1, 0.15) is 56.0 Å². The lowest BCUT2D eigenvalue weighted by Gasteiger charge is -2.49. The summed E-state index contributed by atoms with van der Waals surface area (Å²) < 4.78 is 11.1. The molecule has 0 spiro atoms. The van der Waals surface area contributed by atoms with Crippen LogP contribution in [-0.2, 0) is 43.9 Å². The van der Waals surface area contributed by atoms with Gasteiger partial charge in [0.15, 0.2) is 10.8 Å². The number of likely N-dealkylation sites (tertiary alicyclic amines) is 1. The van der Waals surface area contributed by atoms with E-state index in [1.165, 1.54) is 16.7 Å². The van der Waals surface area contributed by atoms with Crippen molar-refractivity contribution in [1.29, 1.82) is 0 Å². The number of thioether (sulfide) groups is 1. The number of nitrogens with two attached hydrogens (primary N) is 1. The Morgan fingerprint density at radius 3 is 2.11 bits per heavy atom. The number of carbonyl (C=O) groups is 5. The summed E-state index contributed by atoms with van der Waals surface area (Å²) in [6, 6.07) is 27.4. The maximum Gasteiger partial charge on any atom is 0.355 e. The lowest BCUT2D eigenvalue weighted by atomic mass is 9.80. The van der Waals surface area contributed by atoms with Gasteiger partial charge in [0.25, 0.3) is 11.8 Å². The van der Waals surface area contributed by atoms with E-state index >= 15 is 0 Å². The van der Waals surface area contributed by atoms with Crippen LogP contribution in [0.5, 0.6) is 0 Å². The van der Waals surface area contributed by atoms with Gasteiger partial charge in [-0.05, 0) is 30.4 Å². The molecule has 3 aliphatic heterocycles. The van der Waals surface area contributed by atoms with Crippen molar-refractivity contribution in [3.63, 3.8) is 0 Å². The number of aromatic nitrogens is 1. The number of hydrogen-bond donors (Lipinski definition) is 2. The summed E-state index contributed by atoms with van der Waals surface area (Å²) in [6.45, 7) is 5.96. The molecule has 4 heterocycles. The molecule has 2 atom stereocenters. The number of amides is 3. The van der Waals surface area contributed by atoms with Crippen LogP contribution in [0.2, 0.25) is 0 Å². The Hall–Kier alpha value is -6.52. The van der Waals surface area contributed by atoms with Crippen LogP contribution in [0.3, 0.4) is 0 Å². The first-order valence-corrected chi connectivity index (χ1v) is 22.5. The number of β-lactam (4-membered cyclic amide) rings is 1. The van der Waals surface area contributed by atoms with Gasteiger partial charge in [0.05, 0.1) is 12.2 Å². The molecule has 0 radical (unpaired) electrons. The number of carbonyl (C=O) groups excluding carboxylic acids is 5. The van der Waals surface area contributed by atoms with Gasteiger partial charge in [-0.25, -0.2) is 14.6 Å². The van der Waals surface area contributed by atoms with E-state index in [1.807, 2.05) is 112 Å². The van der Waals surface area contributed by atoms with Crippen LogP contribution in [0, 0.1) is 5.92 Å². The number of fused-ring (bicyclic) bond motifs is 1. The lowest BCUT2D eigenvalue weighted by Crippen LogP contribution is -2.71. The molecule has 3 aliphatic rings. The largest absolute Gasteiger partial charge is 0.462 e. The molecule has 3 N–H and O–H groups in total. The van der Waals surface area contributed by atoms with E-state index in [9.17, 15) is 24.0 Å². The van der Waals surface area contributed by atoms with Gasteiger partial charge in [-0.2, -0.15) is 0 Å². The zero-order chi connectivity index (χ0) is 44.7. The first-order valence-electron chi connectivity index (χ1n) is 20.5. The van der Waals surface area contributed by atoms with Crippen LogP contribution in [0.15, 0.2) is 136 Å². The third kappa shape index (κ3) is 9.46. The fourth-order valence-electron chi connectivity index (χ4n) is 7.42. The molecule has 14 nitrogen and oxygen atoms in total. The van der Waals surface area contributed by atoms with E-state index < -0.39 is 47.4 Å². The highest BCUT2D eigenvalue weighted by Crippen LogP contribution is 2.43. The molecule has 0 bridgehead atoms. The lowest BCUT2D eigenvalue weighted by molar-refractivity contribution is -0.152. The number of rotatable bonds is 16. The number of anilines is 1. The fraction of sp³-hybridized carbons (Fsp3) is 0.298. The van der Waals surface area contributed by atoms with Crippen molar-refractivity contribution in [2.24, 2.45) is 11.1 Å². The topological polar surface area (TPSA) is 183 Å². The number of allylic oxidation sites excluding steroid dienone is 2. The van der Waals surface area contributed by atoms with Gasteiger partial charge >= 0.3 is 11.9 Å². The number of likely N-dealkylation sites (N-methyl/N-ethyl adjacent to an activating group) is 1. The number of ether oxygens (including phenoxy) is 2. The van der Waals surface area contributed by atoms with Gasteiger partial charge in [-0.1, -0.05) is 123 Å². The molecule has 4 aromatic rings. The zero-order valence-electron chi connectivity index (χ0n) is 35.3. The molecule has 2 unspecified atom stereocenters. The van der Waals surface area contributed by atoms with E-state index in [1.54, 1.807) is 29.5 Å². The summed E-state index contributed by atoms with van der Waals surface area (Å²) in [7, 11) is 1.69. The Labute approximate surface area is 373 Å². The molecule has 2 fully saturated rings. The molecule has 63 heavy (non-hydrogen) atoms. The number of hydrogen-bond acceptors (Lipinski definition) is 13. The highest BCUT2D eigenvalue weighted by atomic mass is 32.2. The van der Waals surface area contributed by atoms with Crippen molar-refractivity contribution in [2.45, 2.75) is 50.6 Å². The van der Waals surface area contributed by atoms with Gasteiger partial charge in [0.2, 0.25) is 11.5 Å². The van der Waals surface area contributed by atoms with Gasteiger partial charge in [0.1, 0.15) is 29.4 Å². The van der Waals surface area contributed by atoms with E-state index in [0.717, 1.165) is 28.0 Å². The van der Waals surface area contributed by atoms with E-state index in [-0.39, 0.29) is 52.0 Å². The number of thiazole rings is 1. The normalized spacial score (nSPS) is 18.7. The summed E-state index contributed by atoms with van der Waals surface area (Å²) in [5.41, 5.74) is 7.82. The molecule has 1 aromatic heterocycles. The zero-order valence-corrected chi connectivity index (χ0v) is 36.9. The Balaban J connectivity index is 1.20. The van der Waals surface area contributed by atoms with Crippen molar-refractivity contribution < 1.29 is 38.3 Å². The van der Waals surface area contributed by atoms with Gasteiger partial charge in [-0.15, -0.1) is 23.1 Å². The quantitative estimate of drug-likeness (QED) is 0.0338.